The number of nitrogens with one attached hydrogen (secondary N) is 1. The van der Waals surface area contributed by atoms with Crippen molar-refractivity contribution in [1.29, 1.82) is 0 Å². The topological polar surface area (TPSA) is 53.6 Å². The maximum atomic E-state index is 5.31. The predicted molar refractivity (Wildman–Crippen MR) is 84.4 cm³/mol. The van der Waals surface area contributed by atoms with Crippen LogP contribution in [0, 0.1) is 0 Å². The molecule has 4 nitrogen and oxygen atoms in total. The molecule has 0 aliphatic carbocycles. The fourth-order valence-corrected chi connectivity index (χ4v) is 2.56. The molecule has 0 aromatic heterocycles. The highest BCUT2D eigenvalue weighted by molar-refractivity contribution is 7.80. The van der Waals surface area contributed by atoms with E-state index in [0.29, 0.717) is 0 Å². The third kappa shape index (κ3) is 2.46. The Balaban J connectivity index is 2.31. The van der Waals surface area contributed by atoms with Gasteiger partial charge in [-0.3, -0.25) is 5.43 Å². The molecule has 1 aromatic carbocycles. The summed E-state index contributed by atoms with van der Waals surface area (Å²) in [7, 11) is 2.06. The van der Waals surface area contributed by atoms with Crippen molar-refractivity contribution in [1.82, 2.24) is 5.43 Å². The number of fused-ring (bicyclic) bond motifs is 1. The molecule has 0 radical (unpaired) electrons. The van der Waals surface area contributed by atoms with Crippen LogP contribution in [-0.4, -0.2) is 18.4 Å². The van der Waals surface area contributed by atoms with E-state index in [0.717, 1.165) is 0 Å². The first-order valence-corrected chi connectivity index (χ1v) is 6.48. The zero-order valence-corrected chi connectivity index (χ0v) is 12.2. The Morgan fingerprint density at radius 1 is 1.42 bits per heavy atom. The average Bonchev–Trinajstić information content (AvgIpc) is 2.55. The first kappa shape index (κ1) is 13.5. The lowest BCUT2D eigenvalue weighted by atomic mass is 9.84. The van der Waals surface area contributed by atoms with Crippen LogP contribution >= 0.6 is 12.2 Å². The molecule has 0 bridgehead atoms. The van der Waals surface area contributed by atoms with Gasteiger partial charge in [-0.2, -0.15) is 5.10 Å². The molecular formula is C14H18N4S. The number of hydrogen-bond acceptors (Lipinski definition) is 3. The molecule has 1 heterocycles. The average molecular weight is 274 g/mol. The summed E-state index contributed by atoms with van der Waals surface area (Å²) >= 11 is 4.69. The number of allylic oxidation sites excluding steroid dienone is 2. The van der Waals surface area contributed by atoms with Crippen LogP contribution in [0.1, 0.15) is 19.4 Å². The van der Waals surface area contributed by atoms with Crippen LogP contribution in [-0.2, 0) is 5.41 Å². The molecule has 0 spiro atoms. The summed E-state index contributed by atoms with van der Waals surface area (Å²) in [6, 6.07) is 8.41. The molecule has 3 N–H and O–H groups in total. The Labute approximate surface area is 119 Å². The van der Waals surface area contributed by atoms with E-state index in [9.17, 15) is 0 Å². The highest BCUT2D eigenvalue weighted by atomic mass is 32.1. The molecule has 1 aliphatic rings. The molecule has 19 heavy (non-hydrogen) atoms. The van der Waals surface area contributed by atoms with Gasteiger partial charge in [-0.25, -0.2) is 0 Å². The van der Waals surface area contributed by atoms with Gasteiger partial charge in [0.05, 0.1) is 0 Å². The van der Waals surface area contributed by atoms with Gasteiger partial charge in [0.25, 0.3) is 0 Å². The van der Waals surface area contributed by atoms with Crippen molar-refractivity contribution in [2.75, 3.05) is 11.9 Å². The molecule has 5 heteroatoms. The molecular weight excluding hydrogens is 256 g/mol. The van der Waals surface area contributed by atoms with E-state index in [1.807, 2.05) is 6.08 Å². The van der Waals surface area contributed by atoms with Crippen molar-refractivity contribution in [2.45, 2.75) is 19.3 Å². The number of nitrogens with zero attached hydrogens (tertiary/aromatic N) is 2. The number of likely N-dealkylation sites (N-methyl/N-ethyl adjacent to an activating group) is 1. The van der Waals surface area contributed by atoms with Crippen molar-refractivity contribution in [3.63, 3.8) is 0 Å². The number of anilines is 1. The van der Waals surface area contributed by atoms with Gasteiger partial charge in [0.15, 0.2) is 5.11 Å². The third-order valence-corrected chi connectivity index (χ3v) is 3.51. The molecule has 100 valence electrons. The second-order valence-electron chi connectivity index (χ2n) is 5.01. The van der Waals surface area contributed by atoms with Crippen molar-refractivity contribution < 1.29 is 0 Å². The maximum Gasteiger partial charge on any atom is 0.184 e. The van der Waals surface area contributed by atoms with Gasteiger partial charge >= 0.3 is 0 Å². The number of thiocarbonyl (C=S) groups is 1. The Kier molecular flexibility index (Phi) is 3.57. The fourth-order valence-electron chi connectivity index (χ4n) is 2.51. The first-order valence-electron chi connectivity index (χ1n) is 6.07. The van der Waals surface area contributed by atoms with Crippen LogP contribution in [0.15, 0.2) is 41.1 Å². The summed E-state index contributed by atoms with van der Waals surface area (Å²) in [6.45, 7) is 4.41. The maximum absolute atomic E-state index is 5.31. The molecule has 0 amide bonds. The minimum Gasteiger partial charge on any atom is -0.375 e. The van der Waals surface area contributed by atoms with E-state index < -0.39 is 0 Å². The number of benzene rings is 1. The van der Waals surface area contributed by atoms with Crippen molar-refractivity contribution >= 4 is 29.2 Å². The van der Waals surface area contributed by atoms with E-state index in [2.05, 4.69) is 60.6 Å². The summed E-state index contributed by atoms with van der Waals surface area (Å²) < 4.78 is 0. The highest BCUT2D eigenvalue weighted by Crippen LogP contribution is 2.46. The fraction of sp³-hybridized carbons (Fsp3) is 0.286. The number of para-hydroxylation sites is 1. The van der Waals surface area contributed by atoms with E-state index in [-0.39, 0.29) is 10.5 Å². The van der Waals surface area contributed by atoms with Crippen LogP contribution in [0.3, 0.4) is 0 Å². The quantitative estimate of drug-likeness (QED) is 0.493. The molecule has 0 atom stereocenters. The number of rotatable bonds is 2. The van der Waals surface area contributed by atoms with Crippen LogP contribution < -0.4 is 16.1 Å². The van der Waals surface area contributed by atoms with Gasteiger partial charge < -0.3 is 10.6 Å². The van der Waals surface area contributed by atoms with Gasteiger partial charge in [-0.15, -0.1) is 0 Å². The first-order chi connectivity index (χ1) is 8.94. The molecule has 0 saturated carbocycles. The van der Waals surface area contributed by atoms with Gasteiger partial charge in [0.2, 0.25) is 0 Å². The molecule has 1 aliphatic heterocycles. The minimum atomic E-state index is -0.0411. The largest absolute Gasteiger partial charge is 0.375 e. The molecule has 2 rings (SSSR count). The highest BCUT2D eigenvalue weighted by Gasteiger charge is 2.37. The molecule has 1 aromatic rings. The molecule has 0 fully saturated rings. The minimum absolute atomic E-state index is 0.0411. The van der Waals surface area contributed by atoms with E-state index in [4.69, 9.17) is 18.0 Å². The van der Waals surface area contributed by atoms with Crippen molar-refractivity contribution in [2.24, 2.45) is 10.8 Å². The van der Waals surface area contributed by atoms with Crippen LogP contribution in [0.25, 0.3) is 0 Å². The van der Waals surface area contributed by atoms with E-state index >= 15 is 0 Å². The summed E-state index contributed by atoms with van der Waals surface area (Å²) in [5, 5.41) is 4.12. The van der Waals surface area contributed by atoms with Gasteiger partial charge in [0.1, 0.15) is 0 Å². The number of nitrogens with two attached hydrogens (primary N) is 1. The van der Waals surface area contributed by atoms with E-state index in [1.54, 1.807) is 6.21 Å². The third-order valence-electron chi connectivity index (χ3n) is 3.42. The molecule has 0 saturated heterocycles. The SMILES string of the molecule is CN1C(=CC=NNC(N)=S)C(C)(C)c2ccccc21. The summed E-state index contributed by atoms with van der Waals surface area (Å²) in [4.78, 5) is 2.18. The second-order valence-corrected chi connectivity index (χ2v) is 5.45. The molecule has 0 unspecified atom stereocenters. The lowest BCUT2D eigenvalue weighted by molar-refractivity contribution is 0.641. The normalized spacial score (nSPS) is 18.9. The zero-order valence-electron chi connectivity index (χ0n) is 11.3. The van der Waals surface area contributed by atoms with Crippen molar-refractivity contribution in [3.8, 4) is 0 Å². The number of hydrazone groups is 1. The Morgan fingerprint density at radius 2 is 2.11 bits per heavy atom. The predicted octanol–water partition coefficient (Wildman–Crippen LogP) is 2.12. The Hall–Kier alpha value is -1.88. The Bertz CT molecular complexity index is 560. The van der Waals surface area contributed by atoms with Gasteiger partial charge in [-0.05, 0) is 29.9 Å². The van der Waals surface area contributed by atoms with Gasteiger partial charge in [-0.1, -0.05) is 32.0 Å². The summed E-state index contributed by atoms with van der Waals surface area (Å²) in [6.07, 6.45) is 3.66. The lowest BCUT2D eigenvalue weighted by Crippen LogP contribution is -2.25. The van der Waals surface area contributed by atoms with Crippen LogP contribution in [0.5, 0.6) is 0 Å². The summed E-state index contributed by atoms with van der Waals surface area (Å²) in [5.41, 5.74) is 11.6. The second kappa shape index (κ2) is 5.01. The standard InChI is InChI=1S/C14H18N4S/c1-14(2)10-6-4-5-7-11(10)18(3)12(14)8-9-16-17-13(15)19/h4-9H,1-3H3,(H3,15,17,19). The van der Waals surface area contributed by atoms with Crippen molar-refractivity contribution in [3.05, 3.63) is 41.6 Å². The Morgan fingerprint density at radius 3 is 2.74 bits per heavy atom. The summed E-state index contributed by atoms with van der Waals surface area (Å²) in [5.74, 6) is 0. The zero-order chi connectivity index (χ0) is 14.0. The van der Waals surface area contributed by atoms with Gasteiger partial charge in [0, 0.05) is 30.1 Å². The van der Waals surface area contributed by atoms with Crippen LogP contribution in [0.4, 0.5) is 5.69 Å². The van der Waals surface area contributed by atoms with E-state index in [1.165, 1.54) is 16.9 Å². The smallest absolute Gasteiger partial charge is 0.184 e. The van der Waals surface area contributed by atoms with Crippen LogP contribution in [0.2, 0.25) is 0 Å². The number of hydrogen-bond donors (Lipinski definition) is 2. The monoisotopic (exact) mass is 274 g/mol. The lowest BCUT2D eigenvalue weighted by Gasteiger charge is -2.23.